The normalized spacial score (nSPS) is 28.8. The second kappa shape index (κ2) is 21.7. The highest BCUT2D eigenvalue weighted by atomic mass is 16.6. The zero-order chi connectivity index (χ0) is 32.4. The van der Waals surface area contributed by atoms with Crippen molar-refractivity contribution in [1.82, 2.24) is 0 Å². The number of aliphatic hydroxyl groups excluding tert-OH is 3. The van der Waals surface area contributed by atoms with Gasteiger partial charge in [-0.15, -0.1) is 0 Å². The zero-order valence-corrected chi connectivity index (χ0v) is 28.5. The number of ketones is 1. The van der Waals surface area contributed by atoms with Gasteiger partial charge in [0.15, 0.2) is 0 Å². The summed E-state index contributed by atoms with van der Waals surface area (Å²) in [6.07, 6.45) is 22.0. The second-order valence-corrected chi connectivity index (χ2v) is 14.5. The summed E-state index contributed by atoms with van der Waals surface area (Å²) in [5.74, 6) is -0.364. The lowest BCUT2D eigenvalue weighted by molar-refractivity contribution is -0.145. The van der Waals surface area contributed by atoms with E-state index in [1.165, 1.54) is 32.6 Å². The number of hydrogen-bond acceptors (Lipinski definition) is 8. The highest BCUT2D eigenvalue weighted by molar-refractivity contribution is 5.83. The van der Waals surface area contributed by atoms with Crippen LogP contribution in [0.1, 0.15) is 168 Å². The largest absolute Gasteiger partial charge is 0.462 e. The maximum atomic E-state index is 11.9. The number of aliphatic hydroxyl groups is 3. The van der Waals surface area contributed by atoms with E-state index in [9.17, 15) is 24.9 Å². The maximum absolute atomic E-state index is 11.9. The lowest BCUT2D eigenvalue weighted by atomic mass is 9.96. The highest BCUT2D eigenvalue weighted by Crippen LogP contribution is 2.35. The topological polar surface area (TPSA) is 123 Å². The number of rotatable bonds is 25. The van der Waals surface area contributed by atoms with Crippen LogP contribution in [-0.2, 0) is 23.8 Å². The third-order valence-electron chi connectivity index (χ3n) is 10.3. The van der Waals surface area contributed by atoms with Crippen LogP contribution in [0, 0.1) is 5.92 Å². The first-order valence-corrected chi connectivity index (χ1v) is 18.8. The summed E-state index contributed by atoms with van der Waals surface area (Å²) in [6, 6.07) is 0. The quantitative estimate of drug-likeness (QED) is 0.0714. The van der Waals surface area contributed by atoms with E-state index in [0.717, 1.165) is 116 Å². The first kappa shape index (κ1) is 38.4. The minimum Gasteiger partial charge on any atom is -0.462 e. The second-order valence-electron chi connectivity index (χ2n) is 14.5. The molecule has 0 aromatic rings. The first-order valence-electron chi connectivity index (χ1n) is 18.8. The molecule has 0 radical (unpaired) electrons. The predicted molar refractivity (Wildman–Crippen MR) is 176 cm³/mol. The number of Topliss-reactive ketones (excluding diaryl/α,β-unsaturated/α-hetero) is 1. The van der Waals surface area contributed by atoms with Gasteiger partial charge in [0.2, 0.25) is 0 Å². The summed E-state index contributed by atoms with van der Waals surface area (Å²) in [5.41, 5.74) is 0. The molecular formula is C37H66O8. The van der Waals surface area contributed by atoms with E-state index in [2.05, 4.69) is 6.92 Å². The van der Waals surface area contributed by atoms with Crippen molar-refractivity contribution in [2.75, 3.05) is 0 Å². The Balaban J connectivity index is 1.14. The monoisotopic (exact) mass is 638 g/mol. The van der Waals surface area contributed by atoms with E-state index in [1.54, 1.807) is 0 Å². The van der Waals surface area contributed by atoms with Crippen LogP contribution in [0.4, 0.5) is 0 Å². The Morgan fingerprint density at radius 3 is 1.76 bits per heavy atom. The number of hydrogen-bond donors (Lipinski definition) is 3. The molecule has 3 unspecified atom stereocenters. The fourth-order valence-corrected chi connectivity index (χ4v) is 7.56. The van der Waals surface area contributed by atoms with Crippen LogP contribution >= 0.6 is 0 Å². The number of esters is 1. The van der Waals surface area contributed by atoms with Gasteiger partial charge in [0.05, 0.1) is 48.6 Å². The summed E-state index contributed by atoms with van der Waals surface area (Å²) in [6.45, 7) is 3.68. The molecule has 9 atom stereocenters. The molecular weight excluding hydrogens is 572 g/mol. The molecule has 3 fully saturated rings. The number of cyclic esters (lactones) is 1. The highest BCUT2D eigenvalue weighted by Gasteiger charge is 2.40. The lowest BCUT2D eigenvalue weighted by Gasteiger charge is -2.24. The van der Waals surface area contributed by atoms with E-state index in [0.29, 0.717) is 12.8 Å². The average molecular weight is 639 g/mol. The SMILES string of the molecule is CCCCC(O)CCCCC[C@H](O)[C@H]1CC[C@H]([C@H]2CC[C@H]([C@H](O)CCCCCCCCCCC3CC(CC(C)=O)C(=O)O3)O2)O1. The molecule has 3 saturated heterocycles. The molecule has 0 amide bonds. The molecule has 3 aliphatic heterocycles. The predicted octanol–water partition coefficient (Wildman–Crippen LogP) is 7.12. The third-order valence-corrected chi connectivity index (χ3v) is 10.3. The van der Waals surface area contributed by atoms with Crippen molar-refractivity contribution in [1.29, 1.82) is 0 Å². The van der Waals surface area contributed by atoms with Crippen LogP contribution < -0.4 is 0 Å². The number of carbonyl (C=O) groups is 2. The van der Waals surface area contributed by atoms with Crippen molar-refractivity contribution < 1.29 is 39.1 Å². The van der Waals surface area contributed by atoms with Gasteiger partial charge in [-0.1, -0.05) is 84.0 Å². The molecule has 0 bridgehead atoms. The molecule has 8 nitrogen and oxygen atoms in total. The van der Waals surface area contributed by atoms with E-state index in [1.807, 2.05) is 0 Å². The van der Waals surface area contributed by atoms with Crippen molar-refractivity contribution >= 4 is 11.8 Å². The van der Waals surface area contributed by atoms with Crippen molar-refractivity contribution in [2.45, 2.75) is 217 Å². The van der Waals surface area contributed by atoms with Gasteiger partial charge in [0.1, 0.15) is 11.9 Å². The van der Waals surface area contributed by atoms with Gasteiger partial charge in [0.25, 0.3) is 0 Å². The smallest absolute Gasteiger partial charge is 0.309 e. The summed E-state index contributed by atoms with van der Waals surface area (Å²) in [5, 5.41) is 31.4. The van der Waals surface area contributed by atoms with Crippen molar-refractivity contribution in [3.05, 3.63) is 0 Å². The van der Waals surface area contributed by atoms with E-state index in [4.69, 9.17) is 14.2 Å². The average Bonchev–Trinajstić information content (AvgIpc) is 3.77. The molecule has 8 heteroatoms. The molecule has 3 aliphatic rings. The van der Waals surface area contributed by atoms with Gasteiger partial charge in [0, 0.05) is 6.42 Å². The van der Waals surface area contributed by atoms with Gasteiger partial charge < -0.3 is 34.3 Å². The van der Waals surface area contributed by atoms with Crippen molar-refractivity contribution in [3.63, 3.8) is 0 Å². The Morgan fingerprint density at radius 1 is 0.711 bits per heavy atom. The van der Waals surface area contributed by atoms with E-state index in [-0.39, 0.29) is 54.3 Å². The molecule has 0 aromatic heterocycles. The van der Waals surface area contributed by atoms with Crippen LogP contribution in [0.25, 0.3) is 0 Å². The van der Waals surface area contributed by atoms with Crippen molar-refractivity contribution in [2.24, 2.45) is 5.92 Å². The van der Waals surface area contributed by atoms with Crippen LogP contribution in [0.5, 0.6) is 0 Å². The Kier molecular flexibility index (Phi) is 18.5. The van der Waals surface area contributed by atoms with Crippen molar-refractivity contribution in [3.8, 4) is 0 Å². The lowest BCUT2D eigenvalue weighted by Crippen LogP contribution is -2.33. The fraction of sp³-hybridized carbons (Fsp3) is 0.946. The summed E-state index contributed by atoms with van der Waals surface area (Å²) in [4.78, 5) is 23.1. The number of carbonyl (C=O) groups excluding carboxylic acids is 2. The Hall–Kier alpha value is -1.06. The molecule has 0 saturated carbocycles. The molecule has 0 spiro atoms. The molecule has 3 N–H and O–H groups in total. The standard InChI is InChI=1S/C37H66O8/c1-3-4-16-29(39)17-12-11-15-20-32(41)34-22-24-36(45-34)35-23-21-33(44-35)31(40)19-14-10-8-6-5-7-9-13-18-30-26-28(25-27(2)38)37(42)43-30/h28-36,39-41H,3-26H2,1-2H3/t28?,29?,30?,31-,32+,33-,34-,35-,36-/m1/s1. The molecule has 45 heavy (non-hydrogen) atoms. The van der Waals surface area contributed by atoms with Gasteiger partial charge >= 0.3 is 5.97 Å². The third kappa shape index (κ3) is 14.7. The van der Waals surface area contributed by atoms with Crippen LogP contribution in [0.2, 0.25) is 0 Å². The van der Waals surface area contributed by atoms with E-state index < -0.39 is 12.2 Å². The summed E-state index contributed by atoms with van der Waals surface area (Å²) >= 11 is 0. The minimum absolute atomic E-state index is 0.00453. The molecule has 262 valence electrons. The first-order chi connectivity index (χ1) is 21.8. The Labute approximate surface area is 273 Å². The Bertz CT molecular complexity index is 820. The molecule has 0 aromatic carbocycles. The number of unbranched alkanes of at least 4 members (excludes halogenated alkanes) is 10. The molecule has 0 aliphatic carbocycles. The number of ether oxygens (including phenoxy) is 3. The van der Waals surface area contributed by atoms with Crippen LogP contribution in [0.3, 0.4) is 0 Å². The fourth-order valence-electron chi connectivity index (χ4n) is 7.56. The van der Waals surface area contributed by atoms with Gasteiger partial charge in [-0.25, -0.2) is 0 Å². The van der Waals surface area contributed by atoms with Gasteiger partial charge in [-0.05, 0) is 77.6 Å². The molecule has 3 heterocycles. The molecule has 3 rings (SSSR count). The summed E-state index contributed by atoms with van der Waals surface area (Å²) < 4.78 is 18.0. The van der Waals surface area contributed by atoms with Gasteiger partial charge in [-0.2, -0.15) is 0 Å². The minimum atomic E-state index is -0.436. The van der Waals surface area contributed by atoms with Crippen LogP contribution in [0.15, 0.2) is 0 Å². The summed E-state index contributed by atoms with van der Waals surface area (Å²) in [7, 11) is 0. The van der Waals surface area contributed by atoms with Gasteiger partial charge in [-0.3, -0.25) is 4.79 Å². The zero-order valence-electron chi connectivity index (χ0n) is 28.5. The van der Waals surface area contributed by atoms with Crippen LogP contribution in [-0.4, -0.2) is 75.9 Å². The Morgan fingerprint density at radius 2 is 1.20 bits per heavy atom. The van der Waals surface area contributed by atoms with E-state index >= 15 is 0 Å². The maximum Gasteiger partial charge on any atom is 0.309 e.